The molecular formula is C55H38N2S. The molecule has 1 unspecified atom stereocenters. The monoisotopic (exact) mass is 758 g/mol. The zero-order valence-corrected chi connectivity index (χ0v) is 33.0. The van der Waals surface area contributed by atoms with Gasteiger partial charge in [0, 0.05) is 27.0 Å². The smallest absolute Gasteiger partial charge is 0.161 e. The Balaban J connectivity index is 1.11. The zero-order chi connectivity index (χ0) is 38.3. The molecule has 0 saturated heterocycles. The summed E-state index contributed by atoms with van der Waals surface area (Å²) >= 11 is 1.78. The average molecular weight is 759 g/mol. The molecule has 2 aliphatic rings. The van der Waals surface area contributed by atoms with Gasteiger partial charge in [0.15, 0.2) is 5.82 Å². The topological polar surface area (TPSA) is 25.8 Å². The van der Waals surface area contributed by atoms with Crippen molar-refractivity contribution in [1.82, 2.24) is 9.97 Å². The van der Waals surface area contributed by atoms with E-state index >= 15 is 0 Å². The van der Waals surface area contributed by atoms with Gasteiger partial charge >= 0.3 is 0 Å². The number of rotatable bonds is 3. The van der Waals surface area contributed by atoms with Gasteiger partial charge in [-0.1, -0.05) is 164 Å². The summed E-state index contributed by atoms with van der Waals surface area (Å²) in [5.41, 5.74) is 19.6. The molecule has 2 aromatic heterocycles. The first kappa shape index (κ1) is 33.5. The van der Waals surface area contributed by atoms with Crippen LogP contribution in [0.2, 0.25) is 0 Å². The minimum absolute atomic E-state index is 0.0365. The highest BCUT2D eigenvalue weighted by molar-refractivity contribution is 7.25. The largest absolute Gasteiger partial charge is 0.232 e. The molecule has 1 atom stereocenters. The Labute approximate surface area is 342 Å². The highest BCUT2D eigenvalue weighted by Gasteiger charge is 2.34. The maximum absolute atomic E-state index is 5.64. The minimum Gasteiger partial charge on any atom is -0.232 e. The summed E-state index contributed by atoms with van der Waals surface area (Å²) in [5.74, 6) is 0.817. The predicted octanol–water partition coefficient (Wildman–Crippen LogP) is 14.4. The van der Waals surface area contributed by atoms with E-state index in [1.54, 1.807) is 11.3 Å². The van der Waals surface area contributed by atoms with Gasteiger partial charge in [0.2, 0.25) is 0 Å². The van der Waals surface area contributed by atoms with Crippen molar-refractivity contribution in [3.05, 3.63) is 203 Å². The molecule has 2 bridgehead atoms. The van der Waals surface area contributed by atoms with E-state index in [0.717, 1.165) is 41.2 Å². The van der Waals surface area contributed by atoms with Crippen LogP contribution >= 0.6 is 11.3 Å². The third-order valence-electron chi connectivity index (χ3n) is 12.8. The number of nitrogens with zero attached hydrogens (tertiary/aromatic N) is 2. The highest BCUT2D eigenvalue weighted by atomic mass is 32.1. The lowest BCUT2D eigenvalue weighted by atomic mass is 9.72. The molecular weight excluding hydrogens is 721 g/mol. The van der Waals surface area contributed by atoms with Crippen LogP contribution in [0.4, 0.5) is 0 Å². The molecule has 2 heterocycles. The van der Waals surface area contributed by atoms with Crippen LogP contribution in [0, 0.1) is 6.92 Å². The Bertz CT molecular complexity index is 3270. The lowest BCUT2D eigenvalue weighted by Crippen LogP contribution is -2.16. The number of aryl methyl sites for hydroxylation is 2. The number of fused-ring (bicyclic) bond motifs is 15. The molecule has 274 valence electrons. The van der Waals surface area contributed by atoms with Gasteiger partial charge in [-0.05, 0) is 115 Å². The van der Waals surface area contributed by atoms with Gasteiger partial charge in [-0.25, -0.2) is 9.97 Å². The van der Waals surface area contributed by atoms with Gasteiger partial charge in [0.25, 0.3) is 0 Å². The maximum atomic E-state index is 5.64. The number of aromatic nitrogens is 2. The van der Waals surface area contributed by atoms with E-state index in [9.17, 15) is 0 Å². The summed E-state index contributed by atoms with van der Waals surface area (Å²) in [6.07, 6.45) is 2.84. The van der Waals surface area contributed by atoms with Crippen molar-refractivity contribution in [3.8, 4) is 55.9 Å². The maximum Gasteiger partial charge on any atom is 0.161 e. The fraction of sp³-hybridized carbons (Fsp3) is 0.0909. The number of hydrogen-bond donors (Lipinski definition) is 0. The lowest BCUT2D eigenvalue weighted by Gasteiger charge is -2.32. The molecule has 2 nitrogen and oxygen atoms in total. The van der Waals surface area contributed by atoms with E-state index in [2.05, 4.69) is 177 Å². The van der Waals surface area contributed by atoms with Gasteiger partial charge in [-0.3, -0.25) is 0 Å². The van der Waals surface area contributed by atoms with Crippen molar-refractivity contribution >= 4 is 42.4 Å². The fourth-order valence-corrected chi connectivity index (χ4v) is 11.2. The summed E-state index contributed by atoms with van der Waals surface area (Å²) in [5, 5.41) is 5.08. The molecule has 8 aromatic carbocycles. The van der Waals surface area contributed by atoms with Gasteiger partial charge < -0.3 is 0 Å². The van der Waals surface area contributed by atoms with Crippen LogP contribution in [0.15, 0.2) is 170 Å². The quantitative estimate of drug-likeness (QED) is 0.179. The third kappa shape index (κ3) is 5.16. The first-order chi connectivity index (χ1) is 28.7. The first-order valence-electron chi connectivity index (χ1n) is 20.4. The first-order valence-corrected chi connectivity index (χ1v) is 21.2. The summed E-state index contributed by atoms with van der Waals surface area (Å²) in [6, 6.07) is 62.6. The van der Waals surface area contributed by atoms with Crippen molar-refractivity contribution in [1.29, 1.82) is 0 Å². The van der Waals surface area contributed by atoms with Crippen molar-refractivity contribution in [2.24, 2.45) is 0 Å². The van der Waals surface area contributed by atoms with Crippen LogP contribution in [0.5, 0.6) is 0 Å². The Morgan fingerprint density at radius 1 is 0.517 bits per heavy atom. The number of benzene rings is 8. The van der Waals surface area contributed by atoms with E-state index in [4.69, 9.17) is 9.97 Å². The van der Waals surface area contributed by atoms with Crippen LogP contribution in [0.25, 0.3) is 87.0 Å². The van der Waals surface area contributed by atoms with Crippen molar-refractivity contribution in [2.75, 3.05) is 0 Å². The van der Waals surface area contributed by atoms with Crippen LogP contribution in [-0.4, -0.2) is 9.97 Å². The second-order valence-corrected chi connectivity index (χ2v) is 17.0. The standard InChI is InChI=1S/C55H38N2S/c1-33-47-31-39-32-48(53-52-46-21-11-12-22-49(46)58-55(52)57-54(56-53)38-25-23-35(24-26-38)34-13-3-2-4-14-34)42-19-9-10-20-44(42)51(39)50(33)45-30-28-36-15-5-7-17-40(36)43(45)29-27-37-16-6-8-18-41(37)47/h2-26,28,30-31,48H,27,29,32H2,1H3. The van der Waals surface area contributed by atoms with Crippen LogP contribution < -0.4 is 0 Å². The number of thiophene rings is 1. The normalized spacial score (nSPS) is 14.3. The Morgan fingerprint density at radius 2 is 1.22 bits per heavy atom. The summed E-state index contributed by atoms with van der Waals surface area (Å²) in [6.45, 7) is 2.36. The second kappa shape index (κ2) is 13.2. The molecule has 10 aromatic rings. The number of hydrogen-bond acceptors (Lipinski definition) is 3. The summed E-state index contributed by atoms with van der Waals surface area (Å²) in [4.78, 5) is 12.0. The molecule has 3 heteroatoms. The van der Waals surface area contributed by atoms with E-state index in [0.29, 0.717) is 0 Å². The van der Waals surface area contributed by atoms with Crippen molar-refractivity contribution in [3.63, 3.8) is 0 Å². The molecule has 0 aliphatic heterocycles. The van der Waals surface area contributed by atoms with Gasteiger partial charge in [-0.15, -0.1) is 11.3 Å². The Morgan fingerprint density at radius 3 is 2.10 bits per heavy atom. The minimum atomic E-state index is 0.0365. The predicted molar refractivity (Wildman–Crippen MR) is 244 cm³/mol. The molecule has 0 fully saturated rings. The van der Waals surface area contributed by atoms with Crippen molar-refractivity contribution in [2.45, 2.75) is 32.1 Å². The SMILES string of the molecule is Cc1c2cc3c(c1-c1ccc4ccccc4c1CCc1ccccc1-2)-c1ccccc1C(c1nc(-c2ccc(-c4ccccc4)cc2)nc2sc4ccccc4c12)C3. The Kier molecular flexibility index (Phi) is 7.61. The van der Waals surface area contributed by atoms with Gasteiger partial charge in [0.05, 0.1) is 5.69 Å². The van der Waals surface area contributed by atoms with E-state index in [-0.39, 0.29) is 5.92 Å². The van der Waals surface area contributed by atoms with Gasteiger partial charge in [0.1, 0.15) is 4.83 Å². The zero-order valence-electron chi connectivity index (χ0n) is 32.2. The lowest BCUT2D eigenvalue weighted by molar-refractivity contribution is 0.772. The molecule has 0 N–H and O–H groups in total. The summed E-state index contributed by atoms with van der Waals surface area (Å²) in [7, 11) is 0. The third-order valence-corrected chi connectivity index (χ3v) is 13.9. The highest BCUT2D eigenvalue weighted by Crippen LogP contribution is 2.53. The van der Waals surface area contributed by atoms with Gasteiger partial charge in [-0.2, -0.15) is 0 Å². The van der Waals surface area contributed by atoms with Crippen molar-refractivity contribution < 1.29 is 0 Å². The molecule has 0 saturated carbocycles. The molecule has 0 amide bonds. The molecule has 12 rings (SSSR count). The molecule has 2 aliphatic carbocycles. The Hall–Kier alpha value is -6.68. The second-order valence-electron chi connectivity index (χ2n) is 15.9. The van der Waals surface area contributed by atoms with Crippen LogP contribution in [0.1, 0.15) is 39.4 Å². The fourth-order valence-electron chi connectivity index (χ4n) is 10.1. The molecule has 58 heavy (non-hydrogen) atoms. The molecule has 0 spiro atoms. The van der Waals surface area contributed by atoms with Crippen LogP contribution in [0.3, 0.4) is 0 Å². The van der Waals surface area contributed by atoms with E-state index < -0.39 is 0 Å². The van der Waals surface area contributed by atoms with E-state index in [1.807, 2.05) is 0 Å². The molecule has 0 radical (unpaired) electrons. The van der Waals surface area contributed by atoms with Crippen LogP contribution in [-0.2, 0) is 19.3 Å². The summed E-state index contributed by atoms with van der Waals surface area (Å²) < 4.78 is 1.24. The van der Waals surface area contributed by atoms with E-state index in [1.165, 1.54) is 98.6 Å². The average Bonchev–Trinajstić information content (AvgIpc) is 3.67.